The molecule has 2 rings (SSSR count). The molecule has 0 saturated carbocycles. The summed E-state index contributed by atoms with van der Waals surface area (Å²) in [6.45, 7) is 0.480. The van der Waals surface area contributed by atoms with Gasteiger partial charge < -0.3 is 11.1 Å². The van der Waals surface area contributed by atoms with Crippen molar-refractivity contribution in [1.29, 1.82) is 0 Å². The molecule has 0 bridgehead atoms. The first-order valence-electron chi connectivity index (χ1n) is 4.52. The second-order valence-electron chi connectivity index (χ2n) is 3.09. The van der Waals surface area contributed by atoms with E-state index in [1.54, 1.807) is 11.4 Å². The van der Waals surface area contributed by atoms with Crippen LogP contribution in [-0.4, -0.2) is 5.91 Å². The lowest BCUT2D eigenvalue weighted by molar-refractivity contribution is 0.0956. The number of nitrogens with one attached hydrogen (secondary N) is 1. The zero-order chi connectivity index (χ0) is 11.5. The zero-order valence-corrected chi connectivity index (χ0v) is 10.6. The van der Waals surface area contributed by atoms with Gasteiger partial charge >= 0.3 is 0 Å². The van der Waals surface area contributed by atoms with Crippen molar-refractivity contribution in [3.8, 4) is 0 Å². The van der Waals surface area contributed by atoms with Crippen molar-refractivity contribution in [1.82, 2.24) is 5.32 Å². The number of hydrogen-bond donors (Lipinski definition) is 2. The molecule has 2 aromatic rings. The van der Waals surface area contributed by atoms with Crippen LogP contribution in [0.2, 0.25) is 4.34 Å². The molecule has 0 atom stereocenters. The van der Waals surface area contributed by atoms with Crippen molar-refractivity contribution in [3.05, 3.63) is 37.7 Å². The molecule has 1 amide bonds. The highest BCUT2D eigenvalue weighted by Crippen LogP contribution is 2.22. The lowest BCUT2D eigenvalue weighted by atomic mass is 10.3. The SMILES string of the molecule is Nc1ccsc1C(=O)NCc1ccc(Cl)s1. The van der Waals surface area contributed by atoms with Crippen LogP contribution in [0.5, 0.6) is 0 Å². The summed E-state index contributed by atoms with van der Waals surface area (Å²) in [5, 5.41) is 4.60. The maximum atomic E-state index is 11.7. The average Bonchev–Trinajstić information content (AvgIpc) is 2.84. The molecule has 0 radical (unpaired) electrons. The number of thiophene rings is 2. The summed E-state index contributed by atoms with van der Waals surface area (Å²) in [7, 11) is 0. The smallest absolute Gasteiger partial charge is 0.263 e. The summed E-state index contributed by atoms with van der Waals surface area (Å²) >= 11 is 8.58. The summed E-state index contributed by atoms with van der Waals surface area (Å²) in [5.41, 5.74) is 6.17. The molecule has 0 spiro atoms. The fourth-order valence-corrected chi connectivity index (χ4v) is 2.96. The summed E-state index contributed by atoms with van der Waals surface area (Å²) in [4.78, 5) is 13.3. The molecule has 3 nitrogen and oxygen atoms in total. The van der Waals surface area contributed by atoms with Crippen molar-refractivity contribution >= 4 is 45.9 Å². The van der Waals surface area contributed by atoms with Gasteiger partial charge in [0.15, 0.2) is 0 Å². The second-order valence-corrected chi connectivity index (χ2v) is 5.81. The molecule has 0 aliphatic rings. The van der Waals surface area contributed by atoms with Crippen LogP contribution in [0.4, 0.5) is 5.69 Å². The van der Waals surface area contributed by atoms with Crippen LogP contribution in [0.1, 0.15) is 14.5 Å². The van der Waals surface area contributed by atoms with Crippen molar-refractivity contribution < 1.29 is 4.79 Å². The standard InChI is InChI=1S/C10H9ClN2OS2/c11-8-2-1-6(16-8)5-13-10(14)9-7(12)3-4-15-9/h1-4H,5,12H2,(H,13,14). The third-order valence-electron chi connectivity index (χ3n) is 1.95. The summed E-state index contributed by atoms with van der Waals surface area (Å²) in [5.74, 6) is -0.142. The molecule has 0 aliphatic heterocycles. The zero-order valence-electron chi connectivity index (χ0n) is 8.20. The van der Waals surface area contributed by atoms with E-state index < -0.39 is 0 Å². The fourth-order valence-electron chi connectivity index (χ4n) is 1.20. The Bertz CT molecular complexity index is 506. The van der Waals surface area contributed by atoms with E-state index in [0.717, 1.165) is 9.21 Å². The van der Waals surface area contributed by atoms with Crippen LogP contribution < -0.4 is 11.1 Å². The van der Waals surface area contributed by atoms with Crippen LogP contribution >= 0.6 is 34.3 Å². The third-order valence-corrected chi connectivity index (χ3v) is 4.11. The van der Waals surface area contributed by atoms with Crippen LogP contribution in [0.3, 0.4) is 0 Å². The minimum absolute atomic E-state index is 0.142. The molecule has 0 fully saturated rings. The highest BCUT2D eigenvalue weighted by Gasteiger charge is 2.10. The van der Waals surface area contributed by atoms with Crippen molar-refractivity contribution in [3.63, 3.8) is 0 Å². The van der Waals surface area contributed by atoms with E-state index in [0.29, 0.717) is 17.1 Å². The van der Waals surface area contributed by atoms with Gasteiger partial charge in [0.05, 0.1) is 16.6 Å². The average molecular weight is 273 g/mol. The number of halogens is 1. The Hall–Kier alpha value is -1.04. The number of carbonyl (C=O) groups is 1. The Balaban J connectivity index is 1.96. The molecule has 84 valence electrons. The van der Waals surface area contributed by atoms with E-state index in [4.69, 9.17) is 17.3 Å². The van der Waals surface area contributed by atoms with Crippen molar-refractivity contribution in [2.24, 2.45) is 0 Å². The Morgan fingerprint density at radius 2 is 2.25 bits per heavy atom. The molecular formula is C10H9ClN2OS2. The number of amides is 1. The van der Waals surface area contributed by atoms with E-state index in [1.165, 1.54) is 22.7 Å². The van der Waals surface area contributed by atoms with Gasteiger partial charge in [-0.3, -0.25) is 4.79 Å². The molecule has 2 heterocycles. The monoisotopic (exact) mass is 272 g/mol. The topological polar surface area (TPSA) is 55.1 Å². The van der Waals surface area contributed by atoms with Gasteiger partial charge in [0, 0.05) is 4.88 Å². The Morgan fingerprint density at radius 3 is 2.81 bits per heavy atom. The van der Waals surface area contributed by atoms with Crippen molar-refractivity contribution in [2.75, 3.05) is 5.73 Å². The number of anilines is 1. The molecule has 0 saturated heterocycles. The highest BCUT2D eigenvalue weighted by molar-refractivity contribution is 7.16. The first-order chi connectivity index (χ1) is 7.66. The van der Waals surface area contributed by atoms with Gasteiger partial charge in [-0.1, -0.05) is 11.6 Å². The van der Waals surface area contributed by atoms with Gasteiger partial charge in [-0.2, -0.15) is 0 Å². The molecule has 6 heteroatoms. The Labute approximate surface area is 106 Å². The number of nitrogens with two attached hydrogens (primary N) is 1. The fraction of sp³-hybridized carbons (Fsp3) is 0.100. The maximum Gasteiger partial charge on any atom is 0.263 e. The molecular weight excluding hydrogens is 264 g/mol. The summed E-state index contributed by atoms with van der Waals surface area (Å²) in [6.07, 6.45) is 0. The molecule has 0 aliphatic carbocycles. The minimum Gasteiger partial charge on any atom is -0.397 e. The van der Waals surface area contributed by atoms with Gasteiger partial charge in [0.25, 0.3) is 5.91 Å². The lowest BCUT2D eigenvalue weighted by Gasteiger charge is -2.02. The van der Waals surface area contributed by atoms with Crippen LogP contribution in [-0.2, 0) is 6.54 Å². The maximum absolute atomic E-state index is 11.7. The molecule has 0 unspecified atom stereocenters. The molecule has 16 heavy (non-hydrogen) atoms. The number of nitrogen functional groups attached to an aromatic ring is 1. The Morgan fingerprint density at radius 1 is 1.44 bits per heavy atom. The molecule has 2 aromatic heterocycles. The second kappa shape index (κ2) is 4.86. The van der Waals surface area contributed by atoms with Gasteiger partial charge in [0.2, 0.25) is 0 Å². The van der Waals surface area contributed by atoms with Crippen LogP contribution in [0, 0.1) is 0 Å². The number of rotatable bonds is 3. The van der Waals surface area contributed by atoms with E-state index in [2.05, 4.69) is 5.32 Å². The summed E-state index contributed by atoms with van der Waals surface area (Å²) in [6, 6.07) is 5.43. The van der Waals surface area contributed by atoms with Crippen LogP contribution in [0.15, 0.2) is 23.6 Å². The van der Waals surface area contributed by atoms with Gasteiger partial charge in [-0.15, -0.1) is 22.7 Å². The van der Waals surface area contributed by atoms with Crippen molar-refractivity contribution in [2.45, 2.75) is 6.54 Å². The third kappa shape index (κ3) is 2.55. The number of carbonyl (C=O) groups excluding carboxylic acids is 1. The quantitative estimate of drug-likeness (QED) is 0.903. The molecule has 3 N–H and O–H groups in total. The lowest BCUT2D eigenvalue weighted by Crippen LogP contribution is -2.22. The van der Waals surface area contributed by atoms with Gasteiger partial charge in [0.1, 0.15) is 4.88 Å². The van der Waals surface area contributed by atoms with Crippen LogP contribution in [0.25, 0.3) is 0 Å². The number of hydrogen-bond acceptors (Lipinski definition) is 4. The summed E-state index contributed by atoms with van der Waals surface area (Å²) < 4.78 is 0.722. The predicted octanol–water partition coefficient (Wildman–Crippen LogP) is 2.98. The molecule has 0 aromatic carbocycles. The van der Waals surface area contributed by atoms with E-state index in [-0.39, 0.29) is 5.91 Å². The first kappa shape index (κ1) is 11.4. The highest BCUT2D eigenvalue weighted by atomic mass is 35.5. The van der Waals surface area contributed by atoms with Gasteiger partial charge in [-0.05, 0) is 23.6 Å². The first-order valence-corrected chi connectivity index (χ1v) is 6.59. The predicted molar refractivity (Wildman–Crippen MR) is 69.2 cm³/mol. The van der Waals surface area contributed by atoms with Gasteiger partial charge in [-0.25, -0.2) is 0 Å². The Kier molecular flexibility index (Phi) is 3.48. The normalized spacial score (nSPS) is 10.3. The minimum atomic E-state index is -0.142. The van der Waals surface area contributed by atoms with E-state index >= 15 is 0 Å². The largest absolute Gasteiger partial charge is 0.397 e. The van der Waals surface area contributed by atoms with E-state index in [1.807, 2.05) is 12.1 Å². The van der Waals surface area contributed by atoms with E-state index in [9.17, 15) is 4.79 Å².